The van der Waals surface area contributed by atoms with Crippen LogP contribution in [0, 0.1) is 5.92 Å². The lowest BCUT2D eigenvalue weighted by Crippen LogP contribution is -2.47. The number of halogens is 1. The summed E-state index contributed by atoms with van der Waals surface area (Å²) in [6.45, 7) is 3.93. The number of amides is 1. The zero-order valence-electron chi connectivity index (χ0n) is 13.8. The van der Waals surface area contributed by atoms with Gasteiger partial charge in [0.15, 0.2) is 0 Å². The number of benzene rings is 1. The van der Waals surface area contributed by atoms with Gasteiger partial charge in [-0.3, -0.25) is 4.79 Å². The quantitative estimate of drug-likeness (QED) is 0.761. The van der Waals surface area contributed by atoms with Gasteiger partial charge in [-0.25, -0.2) is 8.42 Å². The monoisotopic (exact) mass is 418 g/mol. The molecule has 0 radical (unpaired) electrons. The second-order valence-electron chi connectivity index (χ2n) is 6.69. The Balaban J connectivity index is 2.07. The van der Waals surface area contributed by atoms with Gasteiger partial charge < -0.3 is 10.4 Å². The fraction of sp³-hybridized carbons (Fsp3) is 0.562. The van der Waals surface area contributed by atoms with E-state index in [0.717, 1.165) is 4.47 Å². The van der Waals surface area contributed by atoms with Crippen LogP contribution < -0.4 is 5.32 Å². The van der Waals surface area contributed by atoms with Crippen molar-refractivity contribution in [2.45, 2.75) is 37.2 Å². The first-order valence-corrected chi connectivity index (χ1v) is 10.1. The number of aliphatic hydroxyl groups is 1. The molecule has 1 heterocycles. The lowest BCUT2D eigenvalue weighted by Gasteiger charge is -2.31. The molecule has 0 bridgehead atoms. The van der Waals surface area contributed by atoms with Crippen LogP contribution in [-0.4, -0.2) is 49.0 Å². The summed E-state index contributed by atoms with van der Waals surface area (Å²) in [6, 6.07) is 6.48. The molecule has 2 rings (SSSR count). The van der Waals surface area contributed by atoms with Crippen molar-refractivity contribution in [1.82, 2.24) is 9.62 Å². The molecule has 1 aromatic carbocycles. The predicted octanol–water partition coefficient (Wildman–Crippen LogP) is 1.74. The number of nitrogens with zero attached hydrogens (tertiary/aromatic N) is 1. The van der Waals surface area contributed by atoms with E-state index in [1.807, 2.05) is 0 Å². The molecule has 1 fully saturated rings. The molecule has 6 nitrogen and oxygen atoms in total. The second-order valence-corrected chi connectivity index (χ2v) is 9.54. The van der Waals surface area contributed by atoms with Crippen molar-refractivity contribution in [2.24, 2.45) is 5.92 Å². The molecule has 8 heteroatoms. The average Bonchev–Trinajstić information content (AvgIpc) is 2.52. The highest BCUT2D eigenvalue weighted by atomic mass is 79.9. The normalized spacial score (nSPS) is 19.9. The fourth-order valence-corrected chi connectivity index (χ4v) is 4.37. The number of hydrogen-bond donors (Lipinski definition) is 2. The Labute approximate surface area is 151 Å². The summed E-state index contributed by atoms with van der Waals surface area (Å²) in [5.74, 6) is -0.612. The van der Waals surface area contributed by atoms with E-state index >= 15 is 0 Å². The van der Waals surface area contributed by atoms with E-state index < -0.39 is 21.5 Å². The highest BCUT2D eigenvalue weighted by Crippen LogP contribution is 2.25. The van der Waals surface area contributed by atoms with Crippen molar-refractivity contribution in [3.8, 4) is 0 Å². The summed E-state index contributed by atoms with van der Waals surface area (Å²) in [6.07, 6.45) is 1.28. The molecule has 1 aliphatic rings. The van der Waals surface area contributed by atoms with Crippen molar-refractivity contribution in [1.29, 1.82) is 0 Å². The topological polar surface area (TPSA) is 86.7 Å². The molecule has 134 valence electrons. The minimum Gasteiger partial charge on any atom is -0.389 e. The highest BCUT2D eigenvalue weighted by molar-refractivity contribution is 9.10. The van der Waals surface area contributed by atoms with Gasteiger partial charge in [0.2, 0.25) is 15.9 Å². The zero-order chi connectivity index (χ0) is 18.0. The van der Waals surface area contributed by atoms with Crippen molar-refractivity contribution < 1.29 is 18.3 Å². The molecule has 0 saturated carbocycles. The molecule has 0 aromatic heterocycles. The molecule has 1 atom stereocenters. The van der Waals surface area contributed by atoms with E-state index in [-0.39, 0.29) is 23.9 Å². The largest absolute Gasteiger partial charge is 0.389 e. The van der Waals surface area contributed by atoms with Crippen LogP contribution in [0.5, 0.6) is 0 Å². The van der Waals surface area contributed by atoms with E-state index in [0.29, 0.717) is 19.4 Å². The van der Waals surface area contributed by atoms with Gasteiger partial charge in [0.05, 0.1) is 16.4 Å². The summed E-state index contributed by atoms with van der Waals surface area (Å²) < 4.78 is 27.6. The van der Waals surface area contributed by atoms with Crippen molar-refractivity contribution in [3.63, 3.8) is 0 Å². The minimum absolute atomic E-state index is 0.141. The summed E-state index contributed by atoms with van der Waals surface area (Å²) in [7, 11) is -3.61. The first-order chi connectivity index (χ1) is 11.1. The Kier molecular flexibility index (Phi) is 6.06. The number of carbonyl (C=O) groups is 1. The molecule has 2 N–H and O–H groups in total. The third-order valence-electron chi connectivity index (χ3n) is 3.90. The molecule has 1 aromatic rings. The lowest BCUT2D eigenvalue weighted by atomic mass is 9.98. The average molecular weight is 419 g/mol. The molecule has 0 aliphatic carbocycles. The van der Waals surface area contributed by atoms with Crippen LogP contribution in [0.4, 0.5) is 0 Å². The van der Waals surface area contributed by atoms with Crippen molar-refractivity contribution >= 4 is 31.9 Å². The third-order valence-corrected chi connectivity index (χ3v) is 6.31. The number of carbonyl (C=O) groups excluding carboxylic acids is 1. The Morgan fingerprint density at radius 1 is 1.38 bits per heavy atom. The second kappa shape index (κ2) is 7.51. The molecule has 0 spiro atoms. The van der Waals surface area contributed by atoms with Crippen LogP contribution in [0.3, 0.4) is 0 Å². The van der Waals surface area contributed by atoms with E-state index in [1.165, 1.54) is 4.31 Å². The molecular formula is C16H23BrN2O4S. The Morgan fingerprint density at radius 3 is 2.58 bits per heavy atom. The highest BCUT2D eigenvalue weighted by Gasteiger charge is 2.33. The van der Waals surface area contributed by atoms with Gasteiger partial charge in [-0.05, 0) is 51.0 Å². The van der Waals surface area contributed by atoms with Crippen LogP contribution in [0.25, 0.3) is 0 Å². The minimum atomic E-state index is -3.61. The van der Waals surface area contributed by atoms with E-state index in [1.54, 1.807) is 38.1 Å². The molecule has 1 aliphatic heterocycles. The van der Waals surface area contributed by atoms with Crippen molar-refractivity contribution in [3.05, 3.63) is 28.7 Å². The molecule has 24 heavy (non-hydrogen) atoms. The zero-order valence-corrected chi connectivity index (χ0v) is 16.2. The number of rotatable bonds is 5. The van der Waals surface area contributed by atoms with Gasteiger partial charge in [0.25, 0.3) is 0 Å². The Bertz CT molecular complexity index is 683. The summed E-state index contributed by atoms with van der Waals surface area (Å²) >= 11 is 3.29. The summed E-state index contributed by atoms with van der Waals surface area (Å²) in [5, 5.41) is 12.4. The molecule has 1 saturated heterocycles. The fourth-order valence-electron chi connectivity index (χ4n) is 2.58. The predicted molar refractivity (Wildman–Crippen MR) is 94.9 cm³/mol. The molecule has 0 unspecified atom stereocenters. The number of piperidine rings is 1. The maximum absolute atomic E-state index is 12.7. The van der Waals surface area contributed by atoms with Gasteiger partial charge in [0, 0.05) is 24.1 Å². The van der Waals surface area contributed by atoms with Crippen LogP contribution in [0.15, 0.2) is 33.6 Å². The SMILES string of the molecule is CC(C)(O)CNC(=O)[C@@H]1CCCN(S(=O)(=O)c2ccc(Br)cc2)C1. The lowest BCUT2D eigenvalue weighted by molar-refractivity contribution is -0.127. The van der Waals surface area contributed by atoms with Gasteiger partial charge in [-0.2, -0.15) is 4.31 Å². The third kappa shape index (κ3) is 5.02. The molecular weight excluding hydrogens is 396 g/mol. The van der Waals surface area contributed by atoms with Crippen LogP contribution in [0.1, 0.15) is 26.7 Å². The van der Waals surface area contributed by atoms with Crippen LogP contribution in [0.2, 0.25) is 0 Å². The van der Waals surface area contributed by atoms with E-state index in [2.05, 4.69) is 21.2 Å². The van der Waals surface area contributed by atoms with E-state index in [4.69, 9.17) is 0 Å². The maximum Gasteiger partial charge on any atom is 0.243 e. The van der Waals surface area contributed by atoms with Gasteiger partial charge in [-0.15, -0.1) is 0 Å². The number of hydrogen-bond acceptors (Lipinski definition) is 4. The summed E-state index contributed by atoms with van der Waals surface area (Å²) in [4.78, 5) is 12.5. The maximum atomic E-state index is 12.7. The summed E-state index contributed by atoms with van der Waals surface area (Å²) in [5.41, 5.74) is -0.993. The van der Waals surface area contributed by atoms with Gasteiger partial charge >= 0.3 is 0 Å². The number of nitrogens with one attached hydrogen (secondary N) is 1. The Morgan fingerprint density at radius 2 is 2.00 bits per heavy atom. The first kappa shape index (κ1) is 19.4. The standard InChI is InChI=1S/C16H23BrN2O4S/c1-16(2,21)11-18-15(20)12-4-3-9-19(10-12)24(22,23)14-7-5-13(17)6-8-14/h5-8,12,21H,3-4,9-11H2,1-2H3,(H,18,20)/t12-/m1/s1. The Hall–Kier alpha value is -0.960. The van der Waals surface area contributed by atoms with Gasteiger partial charge in [-0.1, -0.05) is 15.9 Å². The van der Waals surface area contributed by atoms with Crippen LogP contribution >= 0.6 is 15.9 Å². The smallest absolute Gasteiger partial charge is 0.243 e. The van der Waals surface area contributed by atoms with Gasteiger partial charge in [0.1, 0.15) is 0 Å². The van der Waals surface area contributed by atoms with E-state index in [9.17, 15) is 18.3 Å². The molecule has 1 amide bonds. The first-order valence-electron chi connectivity index (χ1n) is 7.85. The van der Waals surface area contributed by atoms with Crippen molar-refractivity contribution in [2.75, 3.05) is 19.6 Å². The number of sulfonamides is 1. The van der Waals surface area contributed by atoms with Crippen LogP contribution in [-0.2, 0) is 14.8 Å².